The zero-order valence-corrected chi connectivity index (χ0v) is 11.5. The molecule has 1 aromatic rings. The second-order valence-corrected chi connectivity index (χ2v) is 5.68. The highest BCUT2D eigenvalue weighted by molar-refractivity contribution is 5.38. The molecule has 2 N–H and O–H groups in total. The van der Waals surface area contributed by atoms with Crippen LogP contribution in [0.2, 0.25) is 0 Å². The van der Waals surface area contributed by atoms with E-state index in [-0.39, 0.29) is 0 Å². The molecule has 0 radical (unpaired) electrons. The first-order chi connectivity index (χ1) is 9.40. The molecule has 0 saturated carbocycles. The zero-order valence-electron chi connectivity index (χ0n) is 11.5. The van der Waals surface area contributed by atoms with Crippen molar-refractivity contribution in [3.05, 3.63) is 12.4 Å². The summed E-state index contributed by atoms with van der Waals surface area (Å²) in [6.07, 6.45) is 9.34. The molecular formula is C14H24N4O. The van der Waals surface area contributed by atoms with Gasteiger partial charge in [0.25, 0.3) is 0 Å². The second-order valence-electron chi connectivity index (χ2n) is 5.68. The van der Waals surface area contributed by atoms with Crippen molar-refractivity contribution in [2.75, 3.05) is 31.6 Å². The van der Waals surface area contributed by atoms with Gasteiger partial charge in [0, 0.05) is 19.3 Å². The van der Waals surface area contributed by atoms with Crippen LogP contribution in [0.5, 0.6) is 0 Å². The van der Waals surface area contributed by atoms with Crippen molar-refractivity contribution in [2.45, 2.75) is 38.3 Å². The van der Waals surface area contributed by atoms with Crippen LogP contribution in [-0.2, 0) is 11.3 Å². The maximum atomic E-state index is 5.63. The van der Waals surface area contributed by atoms with E-state index in [4.69, 9.17) is 4.74 Å². The lowest BCUT2D eigenvalue weighted by molar-refractivity contribution is 0.0940. The van der Waals surface area contributed by atoms with Gasteiger partial charge in [0.05, 0.1) is 24.5 Å². The van der Waals surface area contributed by atoms with Gasteiger partial charge in [0.1, 0.15) is 0 Å². The van der Waals surface area contributed by atoms with Gasteiger partial charge in [0.2, 0.25) is 0 Å². The zero-order chi connectivity index (χ0) is 12.9. The topological polar surface area (TPSA) is 51.1 Å². The second kappa shape index (κ2) is 6.39. The molecule has 19 heavy (non-hydrogen) atoms. The van der Waals surface area contributed by atoms with Gasteiger partial charge in [-0.3, -0.25) is 4.68 Å². The standard InChI is InChI=1S/C14H24N4O/c1-3-12(7-15-5-1)8-16-13-9-17-18(10-13)11-14-4-2-6-19-14/h9-10,12,14-16H,1-8,11H2. The third-order valence-corrected chi connectivity index (χ3v) is 4.04. The smallest absolute Gasteiger partial charge is 0.0771 e. The Morgan fingerprint density at radius 1 is 1.42 bits per heavy atom. The molecule has 0 aromatic carbocycles. The molecule has 0 bridgehead atoms. The Morgan fingerprint density at radius 3 is 3.21 bits per heavy atom. The van der Waals surface area contributed by atoms with Gasteiger partial charge in [-0.2, -0.15) is 5.10 Å². The normalized spacial score (nSPS) is 27.6. The van der Waals surface area contributed by atoms with E-state index in [9.17, 15) is 0 Å². The van der Waals surface area contributed by atoms with Crippen molar-refractivity contribution in [2.24, 2.45) is 5.92 Å². The number of hydrogen-bond acceptors (Lipinski definition) is 4. The fourth-order valence-electron chi connectivity index (χ4n) is 2.91. The van der Waals surface area contributed by atoms with Gasteiger partial charge in [-0.15, -0.1) is 0 Å². The Morgan fingerprint density at radius 2 is 2.42 bits per heavy atom. The van der Waals surface area contributed by atoms with Crippen LogP contribution in [0.15, 0.2) is 12.4 Å². The summed E-state index contributed by atoms with van der Waals surface area (Å²) in [7, 11) is 0. The highest BCUT2D eigenvalue weighted by Crippen LogP contribution is 2.16. The lowest BCUT2D eigenvalue weighted by atomic mass is 10.00. The minimum Gasteiger partial charge on any atom is -0.382 e. The van der Waals surface area contributed by atoms with E-state index in [1.807, 2.05) is 10.9 Å². The van der Waals surface area contributed by atoms with Crippen molar-refractivity contribution < 1.29 is 4.74 Å². The van der Waals surface area contributed by atoms with E-state index in [0.29, 0.717) is 6.10 Å². The molecule has 2 aliphatic heterocycles. The third kappa shape index (κ3) is 3.70. The number of anilines is 1. The molecular weight excluding hydrogens is 240 g/mol. The van der Waals surface area contributed by atoms with Crippen LogP contribution in [-0.4, -0.2) is 42.1 Å². The first-order valence-corrected chi connectivity index (χ1v) is 7.49. The number of ether oxygens (including phenoxy) is 1. The molecule has 3 heterocycles. The van der Waals surface area contributed by atoms with E-state index in [1.54, 1.807) is 0 Å². The largest absolute Gasteiger partial charge is 0.382 e. The number of hydrogen-bond donors (Lipinski definition) is 2. The summed E-state index contributed by atoms with van der Waals surface area (Å²) >= 11 is 0. The average molecular weight is 264 g/mol. The number of nitrogens with zero attached hydrogens (tertiary/aromatic N) is 2. The van der Waals surface area contributed by atoms with Crippen LogP contribution in [0.4, 0.5) is 5.69 Å². The van der Waals surface area contributed by atoms with Crippen LogP contribution in [0.25, 0.3) is 0 Å². The summed E-state index contributed by atoms with van der Waals surface area (Å²) in [6.45, 7) is 5.14. The van der Waals surface area contributed by atoms with Crippen LogP contribution in [0.1, 0.15) is 25.7 Å². The Kier molecular flexibility index (Phi) is 4.35. The van der Waals surface area contributed by atoms with Crippen molar-refractivity contribution in [3.8, 4) is 0 Å². The number of aromatic nitrogens is 2. The van der Waals surface area contributed by atoms with E-state index in [1.165, 1.54) is 25.8 Å². The fourth-order valence-corrected chi connectivity index (χ4v) is 2.91. The number of piperidine rings is 1. The van der Waals surface area contributed by atoms with Gasteiger partial charge < -0.3 is 15.4 Å². The summed E-state index contributed by atoms with van der Waals surface area (Å²) in [5.74, 6) is 0.746. The van der Waals surface area contributed by atoms with Gasteiger partial charge >= 0.3 is 0 Å². The van der Waals surface area contributed by atoms with Crippen LogP contribution >= 0.6 is 0 Å². The summed E-state index contributed by atoms with van der Waals surface area (Å²) < 4.78 is 7.63. The number of nitrogens with one attached hydrogen (secondary N) is 2. The Balaban J connectivity index is 1.44. The van der Waals surface area contributed by atoms with Crippen molar-refractivity contribution in [1.29, 1.82) is 0 Å². The van der Waals surface area contributed by atoms with Gasteiger partial charge in [-0.1, -0.05) is 0 Å². The van der Waals surface area contributed by atoms with Crippen molar-refractivity contribution in [1.82, 2.24) is 15.1 Å². The summed E-state index contributed by atoms with van der Waals surface area (Å²) in [4.78, 5) is 0. The van der Waals surface area contributed by atoms with Crippen LogP contribution < -0.4 is 10.6 Å². The minimum atomic E-state index is 0.357. The molecule has 5 nitrogen and oxygen atoms in total. The molecule has 0 aliphatic carbocycles. The van der Waals surface area contributed by atoms with Crippen molar-refractivity contribution in [3.63, 3.8) is 0 Å². The third-order valence-electron chi connectivity index (χ3n) is 4.04. The molecule has 2 aliphatic rings. The van der Waals surface area contributed by atoms with Crippen LogP contribution in [0, 0.1) is 5.92 Å². The molecule has 2 atom stereocenters. The summed E-state index contributed by atoms with van der Waals surface area (Å²) in [5, 5.41) is 11.3. The SMILES string of the molecule is c1nn(CC2CCCO2)cc1NCC1CCCNC1. The van der Waals surface area contributed by atoms with Crippen molar-refractivity contribution >= 4 is 5.69 Å². The molecule has 106 valence electrons. The molecule has 2 fully saturated rings. The Bertz CT molecular complexity index is 381. The first kappa shape index (κ1) is 12.9. The molecule has 0 spiro atoms. The lowest BCUT2D eigenvalue weighted by Gasteiger charge is -2.22. The molecule has 1 aromatic heterocycles. The van der Waals surface area contributed by atoms with E-state index in [2.05, 4.69) is 21.9 Å². The quantitative estimate of drug-likeness (QED) is 0.845. The number of rotatable bonds is 5. The van der Waals surface area contributed by atoms with E-state index in [0.717, 1.165) is 44.3 Å². The minimum absolute atomic E-state index is 0.357. The predicted molar refractivity (Wildman–Crippen MR) is 75.3 cm³/mol. The molecule has 0 amide bonds. The van der Waals surface area contributed by atoms with Crippen LogP contribution in [0.3, 0.4) is 0 Å². The van der Waals surface area contributed by atoms with Gasteiger partial charge in [-0.05, 0) is 44.7 Å². The first-order valence-electron chi connectivity index (χ1n) is 7.49. The molecule has 2 unspecified atom stereocenters. The van der Waals surface area contributed by atoms with Gasteiger partial charge in [0.15, 0.2) is 0 Å². The predicted octanol–water partition coefficient (Wildman–Crippen LogP) is 1.47. The highest BCUT2D eigenvalue weighted by atomic mass is 16.5. The monoisotopic (exact) mass is 264 g/mol. The summed E-state index contributed by atoms with van der Waals surface area (Å²) in [5.41, 5.74) is 1.13. The van der Waals surface area contributed by atoms with E-state index < -0.39 is 0 Å². The highest BCUT2D eigenvalue weighted by Gasteiger charge is 2.16. The molecule has 5 heteroatoms. The maximum absolute atomic E-state index is 5.63. The fraction of sp³-hybridized carbons (Fsp3) is 0.786. The molecule has 3 rings (SSSR count). The van der Waals surface area contributed by atoms with E-state index >= 15 is 0 Å². The molecule has 2 saturated heterocycles. The maximum Gasteiger partial charge on any atom is 0.0771 e. The van der Waals surface area contributed by atoms with Gasteiger partial charge in [-0.25, -0.2) is 0 Å². The Labute approximate surface area is 114 Å². The Hall–Kier alpha value is -1.07. The average Bonchev–Trinajstić information content (AvgIpc) is 3.10. The lowest BCUT2D eigenvalue weighted by Crippen LogP contribution is -2.33. The summed E-state index contributed by atoms with van der Waals surface area (Å²) in [6, 6.07) is 0.